The highest BCUT2D eigenvalue weighted by Gasteiger charge is 2.02. The minimum absolute atomic E-state index is 0.234. The van der Waals surface area contributed by atoms with Crippen LogP contribution >= 0.6 is 0 Å². The molecule has 0 amide bonds. The van der Waals surface area contributed by atoms with Gasteiger partial charge < -0.3 is 4.57 Å². The highest BCUT2D eigenvalue weighted by atomic mass is 16.2. The molecule has 0 saturated carbocycles. The van der Waals surface area contributed by atoms with Crippen LogP contribution in [0.2, 0.25) is 0 Å². The van der Waals surface area contributed by atoms with Gasteiger partial charge in [0.25, 0.3) is 5.56 Å². The summed E-state index contributed by atoms with van der Waals surface area (Å²) in [5.41, 5.74) is -0.479. The van der Waals surface area contributed by atoms with Gasteiger partial charge in [-0.1, -0.05) is 19.1 Å². The first-order valence-corrected chi connectivity index (χ1v) is 5.12. The van der Waals surface area contributed by atoms with Gasteiger partial charge in [0.15, 0.2) is 0 Å². The molecular weight excluding hydrogens is 192 g/mol. The van der Waals surface area contributed by atoms with E-state index in [9.17, 15) is 9.59 Å². The fraction of sp³-hybridized carbons (Fsp3) is 0.455. The number of hydrogen-bond acceptors (Lipinski definition) is 2. The molecule has 0 unspecified atom stereocenters. The van der Waals surface area contributed by atoms with E-state index < -0.39 is 0 Å². The van der Waals surface area contributed by atoms with Crippen LogP contribution in [0, 0.1) is 0 Å². The summed E-state index contributed by atoms with van der Waals surface area (Å²) < 4.78 is 2.79. The van der Waals surface area contributed by atoms with Crippen molar-refractivity contribution in [1.29, 1.82) is 0 Å². The van der Waals surface area contributed by atoms with E-state index in [0.29, 0.717) is 13.1 Å². The zero-order chi connectivity index (χ0) is 11.3. The minimum atomic E-state index is -0.245. The van der Waals surface area contributed by atoms with Crippen molar-refractivity contribution < 1.29 is 0 Å². The molecule has 0 fully saturated rings. The van der Waals surface area contributed by atoms with Gasteiger partial charge in [0, 0.05) is 25.4 Å². The molecule has 0 aliphatic heterocycles. The Morgan fingerprint density at radius 2 is 2.13 bits per heavy atom. The zero-order valence-corrected chi connectivity index (χ0v) is 9.14. The molecule has 0 aliphatic carbocycles. The second-order valence-electron chi connectivity index (χ2n) is 3.31. The van der Waals surface area contributed by atoms with Gasteiger partial charge in [-0.25, -0.2) is 4.79 Å². The van der Waals surface area contributed by atoms with Crippen molar-refractivity contribution in [3.63, 3.8) is 0 Å². The summed E-state index contributed by atoms with van der Waals surface area (Å²) in [5, 5.41) is 0. The Balaban J connectivity index is 3.18. The fourth-order valence-corrected chi connectivity index (χ4v) is 1.35. The van der Waals surface area contributed by atoms with Crippen LogP contribution in [0.4, 0.5) is 0 Å². The first-order valence-electron chi connectivity index (χ1n) is 5.12. The highest BCUT2D eigenvalue weighted by molar-refractivity contribution is 4.89. The Morgan fingerprint density at radius 1 is 1.40 bits per heavy atom. The Bertz CT molecular complexity index is 454. The molecule has 0 radical (unpaired) electrons. The van der Waals surface area contributed by atoms with Gasteiger partial charge in [0.05, 0.1) is 0 Å². The summed E-state index contributed by atoms with van der Waals surface area (Å²) in [6.07, 6.45) is 6.05. The number of aromatic nitrogens is 2. The highest BCUT2D eigenvalue weighted by Crippen LogP contribution is 1.84. The van der Waals surface area contributed by atoms with Crippen LogP contribution in [0.1, 0.15) is 20.3 Å². The molecule has 0 aliphatic rings. The molecule has 4 heteroatoms. The van der Waals surface area contributed by atoms with Crippen molar-refractivity contribution in [2.75, 3.05) is 0 Å². The van der Waals surface area contributed by atoms with Gasteiger partial charge in [-0.15, -0.1) is 0 Å². The van der Waals surface area contributed by atoms with Crippen LogP contribution < -0.4 is 11.2 Å². The monoisotopic (exact) mass is 208 g/mol. The second-order valence-corrected chi connectivity index (χ2v) is 3.31. The van der Waals surface area contributed by atoms with Gasteiger partial charge >= 0.3 is 5.69 Å². The average Bonchev–Trinajstić information content (AvgIpc) is 2.22. The van der Waals surface area contributed by atoms with Crippen molar-refractivity contribution in [2.24, 2.45) is 0 Å². The van der Waals surface area contributed by atoms with E-state index in [1.54, 1.807) is 16.8 Å². The average molecular weight is 208 g/mol. The predicted octanol–water partition coefficient (Wildman–Crippen LogP) is 0.996. The molecule has 0 aromatic carbocycles. The smallest absolute Gasteiger partial charge is 0.300 e. The maximum Gasteiger partial charge on any atom is 0.331 e. The lowest BCUT2D eigenvalue weighted by molar-refractivity contribution is 0.574. The van der Waals surface area contributed by atoms with E-state index in [1.165, 1.54) is 10.6 Å². The van der Waals surface area contributed by atoms with E-state index in [2.05, 4.69) is 0 Å². The van der Waals surface area contributed by atoms with Crippen LogP contribution in [0.3, 0.4) is 0 Å². The summed E-state index contributed by atoms with van der Waals surface area (Å²) in [5.74, 6) is 0. The minimum Gasteiger partial charge on any atom is -0.300 e. The Kier molecular flexibility index (Phi) is 4.09. The Labute approximate surface area is 88.5 Å². The van der Waals surface area contributed by atoms with Crippen LogP contribution in [-0.2, 0) is 13.1 Å². The molecule has 1 heterocycles. The van der Waals surface area contributed by atoms with Crippen molar-refractivity contribution >= 4 is 0 Å². The zero-order valence-electron chi connectivity index (χ0n) is 9.14. The summed E-state index contributed by atoms with van der Waals surface area (Å²) >= 11 is 0. The number of hydrogen-bond donors (Lipinski definition) is 0. The number of nitrogens with zero attached hydrogens (tertiary/aromatic N) is 2. The quantitative estimate of drug-likeness (QED) is 0.693. The molecule has 1 aromatic rings. The van der Waals surface area contributed by atoms with Crippen LogP contribution in [0.25, 0.3) is 0 Å². The molecule has 0 saturated heterocycles. The third kappa shape index (κ3) is 2.68. The molecular formula is C11H16N2O2. The fourth-order valence-electron chi connectivity index (χ4n) is 1.35. The van der Waals surface area contributed by atoms with Gasteiger partial charge in [0.1, 0.15) is 0 Å². The maximum absolute atomic E-state index is 11.8. The normalized spacial score (nSPS) is 11.1. The lowest BCUT2D eigenvalue weighted by atomic mass is 10.4. The summed E-state index contributed by atoms with van der Waals surface area (Å²) in [7, 11) is 0. The number of aryl methyl sites for hydroxylation is 1. The molecule has 4 nitrogen and oxygen atoms in total. The summed E-state index contributed by atoms with van der Waals surface area (Å²) in [6.45, 7) is 4.85. The molecule has 0 spiro atoms. The number of allylic oxidation sites excluding steroid dienone is 2. The third-order valence-electron chi connectivity index (χ3n) is 2.13. The van der Waals surface area contributed by atoms with Gasteiger partial charge in [-0.05, 0) is 13.3 Å². The molecule has 1 rings (SSSR count). The van der Waals surface area contributed by atoms with Crippen LogP contribution in [-0.4, -0.2) is 9.13 Å². The predicted molar refractivity (Wildman–Crippen MR) is 60.1 cm³/mol. The Morgan fingerprint density at radius 3 is 2.73 bits per heavy atom. The first-order chi connectivity index (χ1) is 7.20. The molecule has 0 N–H and O–H groups in total. The van der Waals surface area contributed by atoms with Crippen molar-refractivity contribution in [3.8, 4) is 0 Å². The van der Waals surface area contributed by atoms with Crippen LogP contribution in [0.5, 0.6) is 0 Å². The lowest BCUT2D eigenvalue weighted by Gasteiger charge is -2.06. The largest absolute Gasteiger partial charge is 0.331 e. The maximum atomic E-state index is 11.8. The van der Waals surface area contributed by atoms with Crippen molar-refractivity contribution in [1.82, 2.24) is 9.13 Å². The van der Waals surface area contributed by atoms with Crippen molar-refractivity contribution in [2.45, 2.75) is 33.4 Å². The van der Waals surface area contributed by atoms with E-state index in [1.807, 2.05) is 19.9 Å². The topological polar surface area (TPSA) is 44.0 Å². The van der Waals surface area contributed by atoms with Crippen LogP contribution in [0.15, 0.2) is 34.0 Å². The van der Waals surface area contributed by atoms with E-state index >= 15 is 0 Å². The number of rotatable bonds is 4. The van der Waals surface area contributed by atoms with Gasteiger partial charge in [-0.3, -0.25) is 9.36 Å². The molecule has 0 bridgehead atoms. The summed E-state index contributed by atoms with van der Waals surface area (Å²) in [6, 6.07) is 1.43. The molecule has 0 atom stereocenters. The van der Waals surface area contributed by atoms with E-state index in [0.717, 1.165) is 6.42 Å². The lowest BCUT2D eigenvalue weighted by Crippen LogP contribution is -2.38. The molecule has 82 valence electrons. The third-order valence-corrected chi connectivity index (χ3v) is 2.13. The second kappa shape index (κ2) is 5.34. The first kappa shape index (κ1) is 11.5. The summed E-state index contributed by atoms with van der Waals surface area (Å²) in [4.78, 5) is 23.2. The molecule has 1 aromatic heterocycles. The molecule has 15 heavy (non-hydrogen) atoms. The van der Waals surface area contributed by atoms with Crippen molar-refractivity contribution in [3.05, 3.63) is 45.3 Å². The van der Waals surface area contributed by atoms with E-state index in [-0.39, 0.29) is 11.2 Å². The SMILES string of the molecule is CC=CCn1c(=O)ccn(CCC)c1=O. The van der Waals surface area contributed by atoms with E-state index in [4.69, 9.17) is 0 Å². The van der Waals surface area contributed by atoms with Gasteiger partial charge in [0.2, 0.25) is 0 Å². The Hall–Kier alpha value is -1.58. The van der Waals surface area contributed by atoms with Gasteiger partial charge in [-0.2, -0.15) is 0 Å². The standard InChI is InChI=1S/C11H16N2O2/c1-3-5-8-13-10(14)6-9-12(7-4-2)11(13)15/h3,5-6,9H,4,7-8H2,1-2H3.